The summed E-state index contributed by atoms with van der Waals surface area (Å²) in [6, 6.07) is 8.33. The molecule has 0 radical (unpaired) electrons. The number of nitrogens with zero attached hydrogens (tertiary/aromatic N) is 2. The number of fused-ring (bicyclic) bond motifs is 1. The zero-order valence-electron chi connectivity index (χ0n) is 13.9. The Morgan fingerprint density at radius 3 is 2.50 bits per heavy atom. The van der Waals surface area contributed by atoms with Crippen molar-refractivity contribution >= 4 is 21.4 Å². The lowest BCUT2D eigenvalue weighted by Gasteiger charge is -2.36. The highest BCUT2D eigenvalue weighted by Crippen LogP contribution is 2.32. The van der Waals surface area contributed by atoms with Crippen LogP contribution in [0.5, 0.6) is 0 Å². The second-order valence-electron chi connectivity index (χ2n) is 7.24. The van der Waals surface area contributed by atoms with Crippen LogP contribution in [0.3, 0.4) is 0 Å². The van der Waals surface area contributed by atoms with Crippen LogP contribution in [0.25, 0.3) is 0 Å². The van der Waals surface area contributed by atoms with Gasteiger partial charge in [-0.05, 0) is 50.4 Å². The van der Waals surface area contributed by atoms with E-state index in [1.165, 1.54) is 5.56 Å². The fraction of sp³-hybridized carbons (Fsp3) is 0.611. The summed E-state index contributed by atoms with van der Waals surface area (Å²) < 4.78 is 23.3. The first kappa shape index (κ1) is 16.1. The first-order chi connectivity index (χ1) is 11.5. The van der Waals surface area contributed by atoms with Crippen molar-refractivity contribution in [3.05, 3.63) is 29.8 Å². The summed E-state index contributed by atoms with van der Waals surface area (Å²) in [7, 11) is -2.84. The number of likely N-dealkylation sites (tertiary alicyclic amines) is 1. The largest absolute Gasteiger partial charge is 0.312 e. The SMILES string of the molecule is O=C(C1CCN([C@@H]2CCS(=O)(=O)C2)CC1)N1CCc2ccccc21. The van der Waals surface area contributed by atoms with Crippen LogP contribution in [0.1, 0.15) is 24.8 Å². The zero-order chi connectivity index (χ0) is 16.7. The number of carbonyl (C=O) groups is 1. The predicted octanol–water partition coefficient (Wildman–Crippen LogP) is 1.47. The summed E-state index contributed by atoms with van der Waals surface area (Å²) in [4.78, 5) is 17.1. The molecule has 2 saturated heterocycles. The van der Waals surface area contributed by atoms with E-state index in [4.69, 9.17) is 0 Å². The lowest BCUT2D eigenvalue weighted by Crippen LogP contribution is -2.46. The molecule has 1 atom stereocenters. The average Bonchev–Trinajstić information content (AvgIpc) is 3.17. The van der Waals surface area contributed by atoms with Gasteiger partial charge in [0.2, 0.25) is 5.91 Å². The molecule has 130 valence electrons. The van der Waals surface area contributed by atoms with Crippen LogP contribution in [-0.2, 0) is 21.1 Å². The Morgan fingerprint density at radius 2 is 1.79 bits per heavy atom. The van der Waals surface area contributed by atoms with E-state index in [-0.39, 0.29) is 17.9 Å². The van der Waals surface area contributed by atoms with E-state index in [1.807, 2.05) is 23.1 Å². The van der Waals surface area contributed by atoms with Crippen molar-refractivity contribution in [3.63, 3.8) is 0 Å². The van der Waals surface area contributed by atoms with Crippen LogP contribution in [0.2, 0.25) is 0 Å². The van der Waals surface area contributed by atoms with Gasteiger partial charge in [0, 0.05) is 24.2 Å². The molecule has 0 spiro atoms. The highest BCUT2D eigenvalue weighted by molar-refractivity contribution is 7.91. The molecule has 0 aliphatic carbocycles. The maximum atomic E-state index is 12.9. The van der Waals surface area contributed by atoms with Gasteiger partial charge in [0.25, 0.3) is 0 Å². The molecule has 4 rings (SSSR count). The molecular weight excluding hydrogens is 324 g/mol. The Morgan fingerprint density at radius 1 is 1.04 bits per heavy atom. The molecular formula is C18H24N2O3S. The molecule has 3 aliphatic heterocycles. The highest BCUT2D eigenvalue weighted by atomic mass is 32.2. The van der Waals surface area contributed by atoms with Gasteiger partial charge in [0.15, 0.2) is 9.84 Å². The third-order valence-corrected chi connectivity index (χ3v) is 7.51. The molecule has 24 heavy (non-hydrogen) atoms. The summed E-state index contributed by atoms with van der Waals surface area (Å²) >= 11 is 0. The van der Waals surface area contributed by atoms with Crippen LogP contribution in [0.15, 0.2) is 24.3 Å². The third-order valence-electron chi connectivity index (χ3n) is 5.76. The molecule has 0 bridgehead atoms. The summed E-state index contributed by atoms with van der Waals surface area (Å²) in [5.74, 6) is 0.940. The second kappa shape index (κ2) is 6.15. The fourth-order valence-corrected chi connectivity index (χ4v) is 6.12. The number of hydrogen-bond acceptors (Lipinski definition) is 4. The van der Waals surface area contributed by atoms with Gasteiger partial charge in [0.1, 0.15) is 0 Å². The Hall–Kier alpha value is -1.40. The normalized spacial score (nSPS) is 27.3. The minimum absolute atomic E-state index is 0.0745. The molecule has 6 heteroatoms. The summed E-state index contributed by atoms with van der Waals surface area (Å²) in [5.41, 5.74) is 2.34. The smallest absolute Gasteiger partial charge is 0.230 e. The fourth-order valence-electron chi connectivity index (χ4n) is 4.36. The minimum atomic E-state index is -2.84. The van der Waals surface area contributed by atoms with Gasteiger partial charge < -0.3 is 4.90 Å². The van der Waals surface area contributed by atoms with Crippen molar-refractivity contribution in [1.82, 2.24) is 4.90 Å². The topological polar surface area (TPSA) is 57.7 Å². The van der Waals surface area contributed by atoms with Gasteiger partial charge in [-0.2, -0.15) is 0 Å². The summed E-state index contributed by atoms with van der Waals surface area (Å²) in [6.07, 6.45) is 3.38. The van der Waals surface area contributed by atoms with E-state index >= 15 is 0 Å². The van der Waals surface area contributed by atoms with Crippen molar-refractivity contribution < 1.29 is 13.2 Å². The van der Waals surface area contributed by atoms with E-state index in [0.29, 0.717) is 11.5 Å². The molecule has 1 aromatic rings. The lowest BCUT2D eigenvalue weighted by atomic mass is 9.94. The zero-order valence-corrected chi connectivity index (χ0v) is 14.7. The van der Waals surface area contributed by atoms with Crippen LogP contribution >= 0.6 is 0 Å². The van der Waals surface area contributed by atoms with Gasteiger partial charge in [-0.1, -0.05) is 18.2 Å². The minimum Gasteiger partial charge on any atom is -0.312 e. The van der Waals surface area contributed by atoms with E-state index in [1.54, 1.807) is 0 Å². The summed E-state index contributed by atoms with van der Waals surface area (Å²) in [5, 5.41) is 0. The maximum Gasteiger partial charge on any atom is 0.230 e. The maximum absolute atomic E-state index is 12.9. The van der Waals surface area contributed by atoms with E-state index in [0.717, 1.165) is 51.0 Å². The van der Waals surface area contributed by atoms with E-state index in [2.05, 4.69) is 11.0 Å². The molecule has 1 amide bonds. The monoisotopic (exact) mass is 348 g/mol. The van der Waals surface area contributed by atoms with Crippen molar-refractivity contribution in [2.45, 2.75) is 31.7 Å². The van der Waals surface area contributed by atoms with Gasteiger partial charge in [-0.15, -0.1) is 0 Å². The van der Waals surface area contributed by atoms with Gasteiger partial charge in [-0.3, -0.25) is 9.69 Å². The van der Waals surface area contributed by atoms with E-state index in [9.17, 15) is 13.2 Å². The number of anilines is 1. The van der Waals surface area contributed by atoms with Crippen molar-refractivity contribution in [2.75, 3.05) is 36.0 Å². The number of amides is 1. The Labute approximate surface area is 143 Å². The number of benzene rings is 1. The molecule has 5 nitrogen and oxygen atoms in total. The first-order valence-electron chi connectivity index (χ1n) is 8.87. The lowest BCUT2D eigenvalue weighted by molar-refractivity contribution is -0.123. The number of rotatable bonds is 2. The molecule has 3 heterocycles. The van der Waals surface area contributed by atoms with Gasteiger partial charge >= 0.3 is 0 Å². The van der Waals surface area contributed by atoms with Crippen molar-refractivity contribution in [2.24, 2.45) is 5.92 Å². The van der Waals surface area contributed by atoms with Gasteiger partial charge in [-0.25, -0.2) is 8.42 Å². The number of hydrogen-bond donors (Lipinski definition) is 0. The van der Waals surface area contributed by atoms with Crippen LogP contribution in [-0.4, -0.2) is 56.4 Å². The molecule has 3 aliphatic rings. The van der Waals surface area contributed by atoms with Crippen LogP contribution < -0.4 is 4.90 Å². The number of para-hydroxylation sites is 1. The average molecular weight is 348 g/mol. The van der Waals surface area contributed by atoms with Crippen LogP contribution in [0.4, 0.5) is 5.69 Å². The Kier molecular flexibility index (Phi) is 4.12. The Bertz CT molecular complexity index is 738. The molecule has 0 aromatic heterocycles. The molecule has 2 fully saturated rings. The number of sulfone groups is 1. The van der Waals surface area contributed by atoms with Crippen molar-refractivity contribution in [3.8, 4) is 0 Å². The molecule has 0 N–H and O–H groups in total. The Balaban J connectivity index is 1.37. The van der Waals surface area contributed by atoms with Crippen molar-refractivity contribution in [1.29, 1.82) is 0 Å². The van der Waals surface area contributed by atoms with E-state index < -0.39 is 9.84 Å². The molecule has 1 aromatic carbocycles. The summed E-state index contributed by atoms with van der Waals surface area (Å²) in [6.45, 7) is 2.47. The number of piperidine rings is 1. The molecule has 0 saturated carbocycles. The predicted molar refractivity (Wildman–Crippen MR) is 93.9 cm³/mol. The third kappa shape index (κ3) is 2.97. The van der Waals surface area contributed by atoms with Gasteiger partial charge in [0.05, 0.1) is 11.5 Å². The quantitative estimate of drug-likeness (QED) is 0.812. The second-order valence-corrected chi connectivity index (χ2v) is 9.46. The molecule has 0 unspecified atom stereocenters. The van der Waals surface area contributed by atoms with Crippen LogP contribution in [0, 0.1) is 5.92 Å². The first-order valence-corrected chi connectivity index (χ1v) is 10.7. The standard InChI is InChI=1S/C18H24N2O3S/c21-18(20-11-7-14-3-1-2-4-17(14)20)15-5-9-19(10-6-15)16-8-12-24(22,23)13-16/h1-4,15-16H,5-13H2/t16-/m1/s1. The number of carbonyl (C=O) groups excluding carboxylic acids is 1. The highest BCUT2D eigenvalue weighted by Gasteiger charge is 2.37.